The highest BCUT2D eigenvalue weighted by molar-refractivity contribution is 5.66. The maximum atomic E-state index is 11.6. The van der Waals surface area contributed by atoms with Gasteiger partial charge in [0, 0.05) is 19.3 Å². The van der Waals surface area contributed by atoms with Gasteiger partial charge in [-0.25, -0.2) is 0 Å². The van der Waals surface area contributed by atoms with Crippen LogP contribution in [0.1, 0.15) is 79.1 Å². The third-order valence-electron chi connectivity index (χ3n) is 8.61. The Morgan fingerprint density at radius 3 is 2.37 bits per heavy atom. The van der Waals surface area contributed by atoms with E-state index in [1.165, 1.54) is 31.8 Å². The zero-order valence-corrected chi connectivity index (χ0v) is 17.3. The molecule has 4 heteroatoms. The summed E-state index contributed by atoms with van der Waals surface area (Å²) in [6.07, 6.45) is 11.4. The highest BCUT2D eigenvalue weighted by Crippen LogP contribution is 2.65. The molecule has 0 spiro atoms. The van der Waals surface area contributed by atoms with Gasteiger partial charge >= 0.3 is 11.9 Å². The predicted octanol–water partition coefficient (Wildman–Crippen LogP) is 4.81. The van der Waals surface area contributed by atoms with Gasteiger partial charge in [0.1, 0.15) is 12.2 Å². The van der Waals surface area contributed by atoms with Gasteiger partial charge in [0.15, 0.2) is 0 Å². The van der Waals surface area contributed by atoms with Crippen LogP contribution in [0.2, 0.25) is 0 Å². The zero-order valence-electron chi connectivity index (χ0n) is 17.3. The maximum absolute atomic E-state index is 11.6. The summed E-state index contributed by atoms with van der Waals surface area (Å²) >= 11 is 0. The van der Waals surface area contributed by atoms with Crippen LogP contribution in [0.4, 0.5) is 0 Å². The van der Waals surface area contributed by atoms with Crippen LogP contribution in [0, 0.1) is 28.6 Å². The molecule has 0 aromatic carbocycles. The van der Waals surface area contributed by atoms with Gasteiger partial charge in [-0.1, -0.05) is 19.4 Å². The Hall–Kier alpha value is -1.32. The fraction of sp³-hybridized carbons (Fsp3) is 0.826. The van der Waals surface area contributed by atoms with Crippen molar-refractivity contribution in [2.75, 3.05) is 0 Å². The quantitative estimate of drug-likeness (QED) is 0.514. The minimum Gasteiger partial charge on any atom is -0.462 e. The number of hydrogen-bond donors (Lipinski definition) is 0. The monoisotopic (exact) mass is 374 g/mol. The molecule has 150 valence electrons. The third-order valence-corrected chi connectivity index (χ3v) is 8.61. The van der Waals surface area contributed by atoms with Gasteiger partial charge in [0.25, 0.3) is 0 Å². The maximum Gasteiger partial charge on any atom is 0.303 e. The smallest absolute Gasteiger partial charge is 0.303 e. The summed E-state index contributed by atoms with van der Waals surface area (Å²) in [4.78, 5) is 22.9. The molecular formula is C23H34O4. The highest BCUT2D eigenvalue weighted by Gasteiger charge is 2.59. The van der Waals surface area contributed by atoms with Crippen molar-refractivity contribution >= 4 is 11.9 Å². The molecule has 0 aromatic heterocycles. The second-order valence-corrected chi connectivity index (χ2v) is 9.93. The topological polar surface area (TPSA) is 52.6 Å². The minimum absolute atomic E-state index is 0.0317. The molecule has 4 rings (SSSR count). The first-order valence-electron chi connectivity index (χ1n) is 10.8. The standard InChI is InChI=1S/C23H34O4/c1-14(24)26-17-9-11-22(3)16(13-17)5-6-18-19-7-8-21(27-15(2)25)23(19,4)12-10-20(18)22/h13,17-21H,5-12H2,1-4H3/t17-,18-,19-,20?,21-,22-,23-/m0/s1. The largest absolute Gasteiger partial charge is 0.462 e. The molecule has 0 N–H and O–H groups in total. The lowest BCUT2D eigenvalue weighted by Gasteiger charge is -2.58. The molecule has 0 heterocycles. The van der Waals surface area contributed by atoms with Crippen LogP contribution in [-0.2, 0) is 19.1 Å². The van der Waals surface area contributed by atoms with Gasteiger partial charge in [-0.3, -0.25) is 9.59 Å². The first-order valence-corrected chi connectivity index (χ1v) is 10.8. The van der Waals surface area contributed by atoms with Crippen molar-refractivity contribution in [1.82, 2.24) is 0 Å². The Bertz CT molecular complexity index is 667. The molecule has 0 amide bonds. The molecule has 4 nitrogen and oxygen atoms in total. The van der Waals surface area contributed by atoms with Crippen LogP contribution in [0.3, 0.4) is 0 Å². The fourth-order valence-electron chi connectivity index (χ4n) is 7.35. The van der Waals surface area contributed by atoms with E-state index in [0.717, 1.165) is 38.0 Å². The van der Waals surface area contributed by atoms with E-state index in [9.17, 15) is 9.59 Å². The molecule has 0 aromatic rings. The minimum atomic E-state index is -0.176. The molecule has 3 saturated carbocycles. The molecule has 3 fully saturated rings. The first-order chi connectivity index (χ1) is 12.7. The van der Waals surface area contributed by atoms with Crippen LogP contribution < -0.4 is 0 Å². The van der Waals surface area contributed by atoms with Gasteiger partial charge in [-0.2, -0.15) is 0 Å². The van der Waals surface area contributed by atoms with Gasteiger partial charge in [-0.05, 0) is 80.6 Å². The van der Waals surface area contributed by atoms with Crippen molar-refractivity contribution in [1.29, 1.82) is 0 Å². The third kappa shape index (κ3) is 3.03. The summed E-state index contributed by atoms with van der Waals surface area (Å²) in [5, 5.41) is 0. The van der Waals surface area contributed by atoms with E-state index >= 15 is 0 Å². The van der Waals surface area contributed by atoms with Crippen LogP contribution >= 0.6 is 0 Å². The average Bonchev–Trinajstić information content (AvgIpc) is 2.91. The molecule has 1 unspecified atom stereocenters. The van der Waals surface area contributed by atoms with Gasteiger partial charge in [0.05, 0.1) is 0 Å². The lowest BCUT2D eigenvalue weighted by Crippen LogP contribution is -2.52. The van der Waals surface area contributed by atoms with Crippen molar-refractivity contribution in [3.05, 3.63) is 11.6 Å². The van der Waals surface area contributed by atoms with Crippen LogP contribution in [0.5, 0.6) is 0 Å². The number of esters is 2. The second kappa shape index (κ2) is 6.63. The number of hydrogen-bond acceptors (Lipinski definition) is 4. The van der Waals surface area contributed by atoms with E-state index in [4.69, 9.17) is 9.47 Å². The van der Waals surface area contributed by atoms with Gasteiger partial charge in [0.2, 0.25) is 0 Å². The number of fused-ring (bicyclic) bond motifs is 5. The van der Waals surface area contributed by atoms with Crippen molar-refractivity contribution in [3.8, 4) is 0 Å². The van der Waals surface area contributed by atoms with E-state index in [1.807, 2.05) is 0 Å². The van der Waals surface area contributed by atoms with E-state index in [-0.39, 0.29) is 35.0 Å². The zero-order chi connectivity index (χ0) is 19.4. The number of carbonyl (C=O) groups is 2. The Labute approximate surface area is 163 Å². The molecule has 0 radical (unpaired) electrons. The Balaban J connectivity index is 1.56. The van der Waals surface area contributed by atoms with Crippen LogP contribution in [0.25, 0.3) is 0 Å². The summed E-state index contributed by atoms with van der Waals surface area (Å²) in [5.41, 5.74) is 1.93. The molecule has 0 bridgehead atoms. The van der Waals surface area contributed by atoms with Crippen molar-refractivity contribution < 1.29 is 19.1 Å². The second-order valence-electron chi connectivity index (χ2n) is 9.93. The average molecular weight is 375 g/mol. The van der Waals surface area contributed by atoms with E-state index < -0.39 is 0 Å². The summed E-state index contributed by atoms with van der Waals surface area (Å²) in [5.74, 6) is 1.81. The summed E-state index contributed by atoms with van der Waals surface area (Å²) < 4.78 is 11.2. The van der Waals surface area contributed by atoms with Crippen molar-refractivity contribution in [2.24, 2.45) is 28.6 Å². The number of ether oxygens (including phenoxy) is 2. The van der Waals surface area contributed by atoms with Crippen LogP contribution in [-0.4, -0.2) is 24.1 Å². The first kappa shape index (κ1) is 19.0. The molecule has 0 aliphatic heterocycles. The Kier molecular flexibility index (Phi) is 4.67. The van der Waals surface area contributed by atoms with Gasteiger partial charge < -0.3 is 9.47 Å². The van der Waals surface area contributed by atoms with E-state index in [1.54, 1.807) is 6.92 Å². The predicted molar refractivity (Wildman–Crippen MR) is 103 cm³/mol. The molecule has 27 heavy (non-hydrogen) atoms. The molecule has 7 atom stereocenters. The molecule has 4 aliphatic rings. The molecule has 4 aliphatic carbocycles. The lowest BCUT2D eigenvalue weighted by atomic mass is 9.47. The molecular weight excluding hydrogens is 340 g/mol. The van der Waals surface area contributed by atoms with E-state index in [0.29, 0.717) is 11.8 Å². The van der Waals surface area contributed by atoms with Crippen molar-refractivity contribution in [2.45, 2.75) is 91.3 Å². The normalized spacial score (nSPS) is 45.8. The number of allylic oxidation sites excluding steroid dienone is 1. The van der Waals surface area contributed by atoms with Gasteiger partial charge in [-0.15, -0.1) is 0 Å². The Morgan fingerprint density at radius 2 is 1.67 bits per heavy atom. The summed E-state index contributed by atoms with van der Waals surface area (Å²) in [7, 11) is 0. The lowest BCUT2D eigenvalue weighted by molar-refractivity contribution is -0.157. The summed E-state index contributed by atoms with van der Waals surface area (Å²) in [6, 6.07) is 0. The van der Waals surface area contributed by atoms with Crippen molar-refractivity contribution in [3.63, 3.8) is 0 Å². The molecule has 0 saturated heterocycles. The van der Waals surface area contributed by atoms with Crippen LogP contribution in [0.15, 0.2) is 11.6 Å². The SMILES string of the molecule is CC(=O)O[C@@H]1C=C2CC[C@@H]3C(CC[C@]4(C)[C@@H](OC(C)=O)CC[C@@H]34)[C@@]2(C)CC1. The Morgan fingerprint density at radius 1 is 0.926 bits per heavy atom. The summed E-state index contributed by atoms with van der Waals surface area (Å²) in [6.45, 7) is 7.88. The number of rotatable bonds is 2. The van der Waals surface area contributed by atoms with E-state index in [2.05, 4.69) is 19.9 Å². The highest BCUT2D eigenvalue weighted by atomic mass is 16.5. The fourth-order valence-corrected chi connectivity index (χ4v) is 7.35. The number of carbonyl (C=O) groups excluding carboxylic acids is 2.